The van der Waals surface area contributed by atoms with Crippen LogP contribution < -0.4 is 0 Å². The van der Waals surface area contributed by atoms with Crippen molar-refractivity contribution in [2.24, 2.45) is 5.92 Å². The number of benzene rings is 2. The Hall–Kier alpha value is -1.51. The quantitative estimate of drug-likeness (QED) is 0.859. The number of aryl methyl sites for hydroxylation is 1. The Bertz CT molecular complexity index is 653. The summed E-state index contributed by atoms with van der Waals surface area (Å²) in [4.78, 5) is 11.5. The molecule has 0 aromatic heterocycles. The van der Waals surface area contributed by atoms with Gasteiger partial charge in [-0.2, -0.15) is 0 Å². The zero-order chi connectivity index (χ0) is 15.4. The fourth-order valence-electron chi connectivity index (χ4n) is 2.26. The minimum Gasteiger partial charge on any atom is -0.481 e. The summed E-state index contributed by atoms with van der Waals surface area (Å²) in [7, 11) is 0. The number of hydrogen-bond acceptors (Lipinski definition) is 1. The summed E-state index contributed by atoms with van der Waals surface area (Å²) in [5.74, 6) is -1.39. The predicted octanol–water partition coefficient (Wildman–Crippen LogP) is 4.79. The van der Waals surface area contributed by atoms with E-state index in [0.717, 1.165) is 16.7 Å². The Kier molecular flexibility index (Phi) is 5.27. The fraction of sp³-hybridized carbons (Fsp3) is 0.235. The van der Waals surface area contributed by atoms with Gasteiger partial charge in [0, 0.05) is 10.0 Å². The van der Waals surface area contributed by atoms with Crippen LogP contribution in [-0.4, -0.2) is 11.1 Å². The molecule has 21 heavy (non-hydrogen) atoms. The number of carbonyl (C=O) groups is 1. The molecule has 2 aromatic carbocycles. The van der Waals surface area contributed by atoms with Crippen LogP contribution in [0, 0.1) is 12.8 Å². The summed E-state index contributed by atoms with van der Waals surface area (Å²) in [5, 5.41) is 10.7. The van der Waals surface area contributed by atoms with Gasteiger partial charge in [0.15, 0.2) is 0 Å². The molecule has 2 aromatic rings. The zero-order valence-electron chi connectivity index (χ0n) is 11.6. The molecule has 1 unspecified atom stereocenters. The topological polar surface area (TPSA) is 37.3 Å². The van der Waals surface area contributed by atoms with Crippen molar-refractivity contribution in [2.45, 2.75) is 19.8 Å². The fourth-order valence-corrected chi connectivity index (χ4v) is 2.78. The van der Waals surface area contributed by atoms with Crippen LogP contribution in [0.15, 0.2) is 42.5 Å². The van der Waals surface area contributed by atoms with Gasteiger partial charge in [0.25, 0.3) is 0 Å². The maximum Gasteiger partial charge on any atom is 0.307 e. The zero-order valence-corrected chi connectivity index (χ0v) is 13.2. The van der Waals surface area contributed by atoms with Gasteiger partial charge < -0.3 is 5.11 Å². The smallest absolute Gasteiger partial charge is 0.307 e. The molecule has 0 heterocycles. The standard InChI is InChI=1S/C17H16Cl2O2/c1-11-6-7-13(16(19)8-11)10-14(17(20)21)9-12-4-2-3-5-15(12)18/h2-8,14H,9-10H2,1H3,(H,20,21). The molecule has 0 amide bonds. The van der Waals surface area contributed by atoms with E-state index in [9.17, 15) is 9.90 Å². The second kappa shape index (κ2) is 6.97. The van der Waals surface area contributed by atoms with Crippen LogP contribution in [0.5, 0.6) is 0 Å². The van der Waals surface area contributed by atoms with Gasteiger partial charge in [-0.1, -0.05) is 53.5 Å². The van der Waals surface area contributed by atoms with Gasteiger partial charge in [-0.05, 0) is 48.6 Å². The van der Waals surface area contributed by atoms with Gasteiger partial charge >= 0.3 is 5.97 Å². The summed E-state index contributed by atoms with van der Waals surface area (Å²) in [6.07, 6.45) is 0.777. The molecule has 0 saturated heterocycles. The Balaban J connectivity index is 2.20. The third-order valence-corrected chi connectivity index (χ3v) is 4.17. The highest BCUT2D eigenvalue weighted by molar-refractivity contribution is 6.31. The number of aliphatic carboxylic acids is 1. The van der Waals surface area contributed by atoms with Crippen LogP contribution >= 0.6 is 23.2 Å². The van der Waals surface area contributed by atoms with E-state index < -0.39 is 11.9 Å². The first kappa shape index (κ1) is 15.9. The molecule has 0 aliphatic rings. The highest BCUT2D eigenvalue weighted by Crippen LogP contribution is 2.25. The van der Waals surface area contributed by atoms with Gasteiger partial charge in [0.2, 0.25) is 0 Å². The van der Waals surface area contributed by atoms with Crippen LogP contribution in [0.3, 0.4) is 0 Å². The number of rotatable bonds is 5. The molecule has 1 N–H and O–H groups in total. The molecule has 0 radical (unpaired) electrons. The molecule has 2 nitrogen and oxygen atoms in total. The lowest BCUT2D eigenvalue weighted by Crippen LogP contribution is -2.19. The molecule has 2 rings (SSSR count). The van der Waals surface area contributed by atoms with Crippen molar-refractivity contribution in [3.8, 4) is 0 Å². The second-order valence-electron chi connectivity index (χ2n) is 5.13. The molecule has 0 saturated carbocycles. The molecular formula is C17H16Cl2O2. The lowest BCUT2D eigenvalue weighted by atomic mass is 9.92. The van der Waals surface area contributed by atoms with Crippen molar-refractivity contribution in [3.05, 3.63) is 69.2 Å². The molecule has 0 fully saturated rings. The highest BCUT2D eigenvalue weighted by atomic mass is 35.5. The van der Waals surface area contributed by atoms with E-state index in [0.29, 0.717) is 22.9 Å². The van der Waals surface area contributed by atoms with Crippen LogP contribution in [0.1, 0.15) is 16.7 Å². The molecule has 0 bridgehead atoms. The van der Waals surface area contributed by atoms with Crippen molar-refractivity contribution >= 4 is 29.2 Å². The monoisotopic (exact) mass is 322 g/mol. The Morgan fingerprint density at radius 3 is 2.24 bits per heavy atom. The molecule has 0 aliphatic carbocycles. The van der Waals surface area contributed by atoms with Crippen molar-refractivity contribution in [1.29, 1.82) is 0 Å². The van der Waals surface area contributed by atoms with E-state index in [-0.39, 0.29) is 0 Å². The maximum atomic E-state index is 11.5. The summed E-state index contributed by atoms with van der Waals surface area (Å²) in [6, 6.07) is 13.0. The van der Waals surface area contributed by atoms with Crippen LogP contribution in [0.2, 0.25) is 10.0 Å². The predicted molar refractivity (Wildman–Crippen MR) is 86.2 cm³/mol. The normalized spacial score (nSPS) is 12.1. The van der Waals surface area contributed by atoms with E-state index in [1.54, 1.807) is 6.07 Å². The third-order valence-electron chi connectivity index (χ3n) is 3.45. The average Bonchev–Trinajstić information content (AvgIpc) is 2.42. The Morgan fingerprint density at radius 2 is 1.67 bits per heavy atom. The van der Waals surface area contributed by atoms with Gasteiger partial charge in [0.05, 0.1) is 5.92 Å². The van der Waals surface area contributed by atoms with Crippen molar-refractivity contribution in [2.75, 3.05) is 0 Å². The van der Waals surface area contributed by atoms with E-state index in [1.807, 2.05) is 43.3 Å². The first-order chi connectivity index (χ1) is 9.97. The first-order valence-electron chi connectivity index (χ1n) is 6.68. The van der Waals surface area contributed by atoms with E-state index in [4.69, 9.17) is 23.2 Å². The van der Waals surface area contributed by atoms with Gasteiger partial charge in [-0.3, -0.25) is 4.79 Å². The average molecular weight is 323 g/mol. The van der Waals surface area contributed by atoms with Crippen LogP contribution in [-0.2, 0) is 17.6 Å². The minimum absolute atomic E-state index is 0.388. The van der Waals surface area contributed by atoms with Crippen LogP contribution in [0.25, 0.3) is 0 Å². The van der Waals surface area contributed by atoms with E-state index >= 15 is 0 Å². The molecule has 110 valence electrons. The summed E-state index contributed by atoms with van der Waals surface area (Å²) in [5.41, 5.74) is 2.75. The number of carboxylic acid groups (broad SMARTS) is 1. The third kappa shape index (κ3) is 4.23. The lowest BCUT2D eigenvalue weighted by molar-refractivity contribution is -0.141. The largest absolute Gasteiger partial charge is 0.481 e. The van der Waals surface area contributed by atoms with Crippen molar-refractivity contribution in [3.63, 3.8) is 0 Å². The molecule has 0 aliphatic heterocycles. The van der Waals surface area contributed by atoms with Gasteiger partial charge in [-0.15, -0.1) is 0 Å². The van der Waals surface area contributed by atoms with Crippen LogP contribution in [0.4, 0.5) is 0 Å². The summed E-state index contributed by atoms with van der Waals surface area (Å²) in [6.45, 7) is 1.95. The van der Waals surface area contributed by atoms with Gasteiger partial charge in [0.1, 0.15) is 0 Å². The van der Waals surface area contributed by atoms with E-state index in [1.165, 1.54) is 0 Å². The van der Waals surface area contributed by atoms with Gasteiger partial charge in [-0.25, -0.2) is 0 Å². The highest BCUT2D eigenvalue weighted by Gasteiger charge is 2.20. The summed E-state index contributed by atoms with van der Waals surface area (Å²) < 4.78 is 0. The molecule has 1 atom stereocenters. The maximum absolute atomic E-state index is 11.5. The van der Waals surface area contributed by atoms with E-state index in [2.05, 4.69) is 0 Å². The molecule has 0 spiro atoms. The Labute approximate surface area is 134 Å². The number of carboxylic acids is 1. The van der Waals surface area contributed by atoms with Crippen molar-refractivity contribution < 1.29 is 9.90 Å². The second-order valence-corrected chi connectivity index (χ2v) is 5.94. The minimum atomic E-state index is -0.841. The molecular weight excluding hydrogens is 307 g/mol. The Morgan fingerprint density at radius 1 is 1.05 bits per heavy atom. The summed E-state index contributed by atoms with van der Waals surface area (Å²) >= 11 is 12.3. The molecule has 4 heteroatoms. The number of hydrogen-bond donors (Lipinski definition) is 1. The SMILES string of the molecule is Cc1ccc(CC(Cc2ccccc2Cl)C(=O)O)c(Cl)c1. The van der Waals surface area contributed by atoms with Crippen molar-refractivity contribution in [1.82, 2.24) is 0 Å². The lowest BCUT2D eigenvalue weighted by Gasteiger charge is -2.14. The first-order valence-corrected chi connectivity index (χ1v) is 7.44. The number of halogens is 2.